The number of nitrogens with zero attached hydrogens (tertiary/aromatic N) is 2. The topological polar surface area (TPSA) is 25.8 Å². The molecule has 7 heteroatoms. The highest BCUT2D eigenvalue weighted by atomic mass is 79.9. The smallest absolute Gasteiger partial charge is 0.235 e. The summed E-state index contributed by atoms with van der Waals surface area (Å²) in [5.41, 5.74) is -0.434. The minimum atomic E-state index is -4.42. The Hall–Kier alpha value is -0.880. The number of rotatable bonds is 0. The Bertz CT molecular complexity index is 556. The Labute approximate surface area is 102 Å². The Morgan fingerprint density at radius 3 is 2.50 bits per heavy atom. The van der Waals surface area contributed by atoms with E-state index in [4.69, 9.17) is 11.6 Å². The van der Waals surface area contributed by atoms with Gasteiger partial charge in [0, 0.05) is 9.86 Å². The quantitative estimate of drug-likeness (QED) is 0.686. The van der Waals surface area contributed by atoms with Gasteiger partial charge in [0.25, 0.3) is 0 Å². The van der Waals surface area contributed by atoms with Crippen LogP contribution in [0, 0.1) is 0 Å². The summed E-state index contributed by atoms with van der Waals surface area (Å²) in [7, 11) is 0. The van der Waals surface area contributed by atoms with Gasteiger partial charge in [-0.25, -0.2) is 9.97 Å². The van der Waals surface area contributed by atoms with Crippen LogP contribution in [0.1, 0.15) is 5.56 Å². The summed E-state index contributed by atoms with van der Waals surface area (Å²) in [5, 5.41) is 0.169. The molecular weight excluding hydrogens is 308 g/mol. The van der Waals surface area contributed by atoms with E-state index in [0.29, 0.717) is 5.52 Å². The van der Waals surface area contributed by atoms with Crippen molar-refractivity contribution in [2.75, 3.05) is 0 Å². The lowest BCUT2D eigenvalue weighted by molar-refractivity contribution is -0.137. The van der Waals surface area contributed by atoms with Gasteiger partial charge in [0.05, 0.1) is 11.1 Å². The lowest BCUT2D eigenvalue weighted by Crippen LogP contribution is -2.05. The molecule has 2 nitrogen and oxygen atoms in total. The van der Waals surface area contributed by atoms with Gasteiger partial charge in [-0.05, 0) is 28.1 Å². The first-order chi connectivity index (χ1) is 7.39. The maximum absolute atomic E-state index is 12.5. The van der Waals surface area contributed by atoms with Gasteiger partial charge in [-0.2, -0.15) is 13.2 Å². The molecule has 0 amide bonds. The van der Waals surface area contributed by atoms with Gasteiger partial charge in [0.2, 0.25) is 0 Å². The molecule has 84 valence electrons. The van der Waals surface area contributed by atoms with Gasteiger partial charge < -0.3 is 0 Å². The number of hydrogen-bond donors (Lipinski definition) is 0. The minimum Gasteiger partial charge on any atom is -0.235 e. The molecule has 0 saturated carbocycles. The van der Waals surface area contributed by atoms with Crippen molar-refractivity contribution >= 4 is 38.4 Å². The van der Waals surface area contributed by atoms with Crippen LogP contribution in [0.25, 0.3) is 10.9 Å². The number of hydrogen-bond acceptors (Lipinski definition) is 2. The molecule has 2 rings (SSSR count). The summed E-state index contributed by atoms with van der Waals surface area (Å²) in [6.45, 7) is 0. The molecule has 1 aromatic heterocycles. The molecule has 0 atom stereocenters. The van der Waals surface area contributed by atoms with Crippen molar-refractivity contribution in [3.8, 4) is 0 Å². The number of fused-ring (bicyclic) bond motifs is 1. The molecular formula is C9H3BrClF3N2. The Kier molecular flexibility index (Phi) is 2.79. The third-order valence-corrected chi connectivity index (χ3v) is 2.88. The van der Waals surface area contributed by atoms with Crippen LogP contribution in [0.2, 0.25) is 5.15 Å². The van der Waals surface area contributed by atoms with Crippen LogP contribution in [-0.2, 0) is 6.18 Å². The van der Waals surface area contributed by atoms with E-state index in [0.717, 1.165) is 12.1 Å². The predicted molar refractivity (Wildman–Crippen MR) is 57.3 cm³/mol. The number of alkyl halides is 3. The summed E-state index contributed by atoms with van der Waals surface area (Å²) in [6, 6.07) is 1.90. The highest BCUT2D eigenvalue weighted by molar-refractivity contribution is 9.10. The number of benzene rings is 1. The standard InChI is InChI=1S/C9H3BrClF3N2/c10-6-2-4(9(12,13)14)1-5-7(6)15-3-16-8(5)11/h1-3H. The average Bonchev–Trinajstić information content (AvgIpc) is 2.18. The number of aromatic nitrogens is 2. The molecule has 2 aromatic rings. The predicted octanol–water partition coefficient (Wildman–Crippen LogP) is 4.06. The van der Waals surface area contributed by atoms with Crippen molar-refractivity contribution in [2.45, 2.75) is 6.18 Å². The van der Waals surface area contributed by atoms with Gasteiger partial charge in [-0.15, -0.1) is 0 Å². The van der Waals surface area contributed by atoms with E-state index in [1.54, 1.807) is 0 Å². The largest absolute Gasteiger partial charge is 0.416 e. The fraction of sp³-hybridized carbons (Fsp3) is 0.111. The molecule has 1 aromatic carbocycles. The van der Waals surface area contributed by atoms with Crippen LogP contribution >= 0.6 is 27.5 Å². The van der Waals surface area contributed by atoms with Crippen LogP contribution in [0.5, 0.6) is 0 Å². The summed E-state index contributed by atoms with van der Waals surface area (Å²) in [5.74, 6) is 0. The molecule has 0 bridgehead atoms. The first-order valence-corrected chi connectivity index (χ1v) is 5.23. The second-order valence-electron chi connectivity index (χ2n) is 3.02. The van der Waals surface area contributed by atoms with E-state index in [9.17, 15) is 13.2 Å². The van der Waals surface area contributed by atoms with E-state index in [-0.39, 0.29) is 15.0 Å². The maximum atomic E-state index is 12.5. The van der Waals surface area contributed by atoms with Gasteiger partial charge in [0.1, 0.15) is 11.5 Å². The lowest BCUT2D eigenvalue weighted by atomic mass is 10.1. The van der Waals surface area contributed by atoms with Gasteiger partial charge >= 0.3 is 6.18 Å². The fourth-order valence-electron chi connectivity index (χ4n) is 1.26. The van der Waals surface area contributed by atoms with E-state index in [2.05, 4.69) is 25.9 Å². The van der Waals surface area contributed by atoms with Gasteiger partial charge in [0.15, 0.2) is 0 Å². The Morgan fingerprint density at radius 1 is 1.19 bits per heavy atom. The van der Waals surface area contributed by atoms with Crippen LogP contribution in [0.3, 0.4) is 0 Å². The highest BCUT2D eigenvalue weighted by Gasteiger charge is 2.31. The second-order valence-corrected chi connectivity index (χ2v) is 4.23. The van der Waals surface area contributed by atoms with Crippen LogP contribution < -0.4 is 0 Å². The van der Waals surface area contributed by atoms with Crippen molar-refractivity contribution in [2.24, 2.45) is 0 Å². The molecule has 0 aliphatic carbocycles. The third-order valence-electron chi connectivity index (χ3n) is 1.97. The van der Waals surface area contributed by atoms with Crippen molar-refractivity contribution < 1.29 is 13.2 Å². The van der Waals surface area contributed by atoms with Crippen LogP contribution in [0.15, 0.2) is 22.9 Å². The molecule has 0 aliphatic heterocycles. The van der Waals surface area contributed by atoms with Crippen molar-refractivity contribution in [3.05, 3.63) is 33.6 Å². The molecule has 0 fully saturated rings. The second kappa shape index (κ2) is 3.85. The zero-order valence-electron chi connectivity index (χ0n) is 7.52. The highest BCUT2D eigenvalue weighted by Crippen LogP contribution is 2.35. The first-order valence-electron chi connectivity index (χ1n) is 4.06. The summed E-state index contributed by atoms with van der Waals surface area (Å²) in [4.78, 5) is 7.49. The van der Waals surface area contributed by atoms with Crippen molar-refractivity contribution in [1.82, 2.24) is 9.97 Å². The van der Waals surface area contributed by atoms with Crippen molar-refractivity contribution in [1.29, 1.82) is 0 Å². The molecule has 0 aliphatic rings. The summed E-state index contributed by atoms with van der Waals surface area (Å²) >= 11 is 8.74. The van der Waals surface area contributed by atoms with E-state index >= 15 is 0 Å². The molecule has 0 unspecified atom stereocenters. The van der Waals surface area contributed by atoms with Crippen molar-refractivity contribution in [3.63, 3.8) is 0 Å². The summed E-state index contributed by atoms with van der Waals surface area (Å²) < 4.78 is 37.8. The molecule has 1 heterocycles. The first kappa shape index (κ1) is 11.6. The summed E-state index contributed by atoms with van der Waals surface area (Å²) in [6.07, 6.45) is -3.22. The Morgan fingerprint density at radius 2 is 1.88 bits per heavy atom. The molecule has 0 saturated heterocycles. The maximum Gasteiger partial charge on any atom is 0.416 e. The SMILES string of the molecule is FC(F)(F)c1cc(Br)c2ncnc(Cl)c2c1. The van der Waals surface area contributed by atoms with Crippen LogP contribution in [-0.4, -0.2) is 9.97 Å². The minimum absolute atomic E-state index is 0.00296. The molecule has 0 radical (unpaired) electrons. The molecule has 0 N–H and O–H groups in total. The zero-order valence-corrected chi connectivity index (χ0v) is 9.86. The third kappa shape index (κ3) is 1.99. The van der Waals surface area contributed by atoms with Gasteiger partial charge in [-0.1, -0.05) is 11.6 Å². The molecule has 0 spiro atoms. The van der Waals surface area contributed by atoms with Gasteiger partial charge in [-0.3, -0.25) is 0 Å². The average molecular weight is 311 g/mol. The Balaban J connectivity index is 2.81. The normalized spacial score (nSPS) is 12.1. The van der Waals surface area contributed by atoms with E-state index < -0.39 is 11.7 Å². The lowest BCUT2D eigenvalue weighted by Gasteiger charge is -2.09. The molecule has 16 heavy (non-hydrogen) atoms. The van der Waals surface area contributed by atoms with Crippen LogP contribution in [0.4, 0.5) is 13.2 Å². The fourth-order valence-corrected chi connectivity index (χ4v) is 2.01. The van der Waals surface area contributed by atoms with E-state index in [1.807, 2.05) is 0 Å². The van der Waals surface area contributed by atoms with E-state index in [1.165, 1.54) is 6.33 Å². The number of halogens is 5. The monoisotopic (exact) mass is 310 g/mol. The zero-order chi connectivity index (χ0) is 11.9.